The summed E-state index contributed by atoms with van der Waals surface area (Å²) in [6.45, 7) is 5.87. The van der Waals surface area contributed by atoms with E-state index in [1.54, 1.807) is 0 Å². The fourth-order valence-corrected chi connectivity index (χ4v) is 1.10. The molecule has 0 aromatic carbocycles. The van der Waals surface area contributed by atoms with Crippen LogP contribution >= 0.6 is 0 Å². The van der Waals surface area contributed by atoms with E-state index < -0.39 is 0 Å². The van der Waals surface area contributed by atoms with Crippen LogP contribution in [0, 0.1) is 0 Å². The van der Waals surface area contributed by atoms with Crippen molar-refractivity contribution in [3.8, 4) is 0 Å². The third-order valence-corrected chi connectivity index (χ3v) is 1.83. The number of likely N-dealkylation sites (tertiary alicyclic amines) is 1. The van der Waals surface area contributed by atoms with E-state index in [4.69, 9.17) is 5.73 Å². The molecule has 0 aromatic heterocycles. The molecule has 0 bridgehead atoms. The Balaban J connectivity index is 2.26. The first-order valence-corrected chi connectivity index (χ1v) is 3.45. The second-order valence-corrected chi connectivity index (χ2v) is 2.56. The van der Waals surface area contributed by atoms with E-state index in [1.807, 2.05) is 6.20 Å². The van der Waals surface area contributed by atoms with Crippen LogP contribution in [0.1, 0.15) is 12.8 Å². The van der Waals surface area contributed by atoms with Gasteiger partial charge in [-0.05, 0) is 19.0 Å². The molecule has 0 unspecified atom stereocenters. The Kier molecular flexibility index (Phi) is 2.11. The molecule has 2 N–H and O–H groups in total. The van der Waals surface area contributed by atoms with Gasteiger partial charge in [-0.1, -0.05) is 6.58 Å². The summed E-state index contributed by atoms with van der Waals surface area (Å²) in [6.07, 6.45) is 4.13. The summed E-state index contributed by atoms with van der Waals surface area (Å²) in [5.41, 5.74) is 5.69. The van der Waals surface area contributed by atoms with Gasteiger partial charge in [0, 0.05) is 19.1 Å². The standard InChI is InChI=1S/C7H14N2/c1-2-9-5-3-7(8)4-6-9/h2,7H,1,3-6,8H2. The minimum absolute atomic E-state index is 0.432. The molecule has 0 aliphatic carbocycles. The highest BCUT2D eigenvalue weighted by Crippen LogP contribution is 2.06. The van der Waals surface area contributed by atoms with E-state index in [9.17, 15) is 0 Å². The summed E-state index contributed by atoms with van der Waals surface area (Å²) in [6, 6.07) is 0.432. The van der Waals surface area contributed by atoms with Crippen LogP contribution < -0.4 is 5.73 Å². The summed E-state index contributed by atoms with van der Waals surface area (Å²) in [5, 5.41) is 0. The van der Waals surface area contributed by atoms with E-state index in [0.29, 0.717) is 6.04 Å². The van der Waals surface area contributed by atoms with Crippen LogP contribution in [-0.4, -0.2) is 24.0 Å². The molecule has 0 saturated carbocycles. The lowest BCUT2D eigenvalue weighted by Crippen LogP contribution is -2.36. The van der Waals surface area contributed by atoms with Crippen molar-refractivity contribution in [2.24, 2.45) is 5.73 Å². The third kappa shape index (κ3) is 1.72. The van der Waals surface area contributed by atoms with Gasteiger partial charge in [0.15, 0.2) is 0 Å². The molecule has 9 heavy (non-hydrogen) atoms. The Morgan fingerprint density at radius 1 is 1.44 bits per heavy atom. The fourth-order valence-electron chi connectivity index (χ4n) is 1.10. The Bertz CT molecular complexity index is 93.1. The van der Waals surface area contributed by atoms with Crippen molar-refractivity contribution in [1.29, 1.82) is 0 Å². The molecule has 1 heterocycles. The minimum Gasteiger partial charge on any atom is -0.378 e. The highest BCUT2D eigenvalue weighted by atomic mass is 15.1. The highest BCUT2D eigenvalue weighted by molar-refractivity contribution is 4.79. The zero-order valence-electron chi connectivity index (χ0n) is 5.71. The van der Waals surface area contributed by atoms with Gasteiger partial charge in [-0.15, -0.1) is 0 Å². The number of piperidine rings is 1. The van der Waals surface area contributed by atoms with Crippen LogP contribution in [-0.2, 0) is 0 Å². The molecule has 52 valence electrons. The molecular weight excluding hydrogens is 112 g/mol. The first-order chi connectivity index (χ1) is 4.33. The first-order valence-electron chi connectivity index (χ1n) is 3.45. The molecule has 0 atom stereocenters. The second kappa shape index (κ2) is 2.87. The molecular formula is C7H14N2. The highest BCUT2D eigenvalue weighted by Gasteiger charge is 2.11. The summed E-state index contributed by atoms with van der Waals surface area (Å²) in [4.78, 5) is 2.21. The molecule has 1 rings (SSSR count). The molecule has 1 fully saturated rings. The SMILES string of the molecule is C=CN1CCC(N)CC1. The predicted octanol–water partition coefficient (Wildman–Crippen LogP) is 0.553. The van der Waals surface area contributed by atoms with Gasteiger partial charge < -0.3 is 10.6 Å². The van der Waals surface area contributed by atoms with Gasteiger partial charge in [-0.25, -0.2) is 0 Å². The van der Waals surface area contributed by atoms with Crippen molar-refractivity contribution in [3.05, 3.63) is 12.8 Å². The lowest BCUT2D eigenvalue weighted by Gasteiger charge is -2.28. The van der Waals surface area contributed by atoms with Crippen molar-refractivity contribution in [2.75, 3.05) is 13.1 Å². The number of hydrogen-bond donors (Lipinski definition) is 1. The normalized spacial score (nSPS) is 22.1. The van der Waals surface area contributed by atoms with Crippen molar-refractivity contribution in [3.63, 3.8) is 0 Å². The molecule has 1 aliphatic heterocycles. The Morgan fingerprint density at radius 3 is 2.44 bits per heavy atom. The van der Waals surface area contributed by atoms with Gasteiger partial charge in [-0.2, -0.15) is 0 Å². The van der Waals surface area contributed by atoms with Gasteiger partial charge in [0.1, 0.15) is 0 Å². The van der Waals surface area contributed by atoms with Crippen LogP contribution in [0.5, 0.6) is 0 Å². The monoisotopic (exact) mass is 126 g/mol. The number of nitrogens with two attached hydrogens (primary N) is 1. The Labute approximate surface area is 56.3 Å². The van der Waals surface area contributed by atoms with E-state index >= 15 is 0 Å². The van der Waals surface area contributed by atoms with E-state index in [-0.39, 0.29) is 0 Å². The van der Waals surface area contributed by atoms with Crippen LogP contribution in [0.3, 0.4) is 0 Å². The van der Waals surface area contributed by atoms with Gasteiger partial charge in [0.2, 0.25) is 0 Å². The summed E-state index contributed by atoms with van der Waals surface area (Å²) in [5.74, 6) is 0. The number of rotatable bonds is 1. The maximum atomic E-state index is 5.69. The molecule has 2 heteroatoms. The average molecular weight is 126 g/mol. The van der Waals surface area contributed by atoms with Crippen LogP contribution in [0.25, 0.3) is 0 Å². The quantitative estimate of drug-likeness (QED) is 0.556. The molecule has 0 radical (unpaired) electrons. The molecule has 0 amide bonds. The van der Waals surface area contributed by atoms with E-state index in [0.717, 1.165) is 25.9 Å². The van der Waals surface area contributed by atoms with Gasteiger partial charge >= 0.3 is 0 Å². The lowest BCUT2D eigenvalue weighted by atomic mass is 10.1. The largest absolute Gasteiger partial charge is 0.378 e. The predicted molar refractivity (Wildman–Crippen MR) is 39.0 cm³/mol. The Hall–Kier alpha value is -0.500. The molecule has 1 aliphatic rings. The van der Waals surface area contributed by atoms with Crippen LogP contribution in [0.4, 0.5) is 0 Å². The van der Waals surface area contributed by atoms with E-state index in [2.05, 4.69) is 11.5 Å². The Morgan fingerprint density at radius 2 is 2.00 bits per heavy atom. The maximum absolute atomic E-state index is 5.69. The van der Waals surface area contributed by atoms with Gasteiger partial charge in [0.25, 0.3) is 0 Å². The lowest BCUT2D eigenvalue weighted by molar-refractivity contribution is 0.286. The molecule has 2 nitrogen and oxygen atoms in total. The van der Waals surface area contributed by atoms with Crippen LogP contribution in [0.2, 0.25) is 0 Å². The van der Waals surface area contributed by atoms with E-state index in [1.165, 1.54) is 0 Å². The molecule has 1 saturated heterocycles. The number of nitrogens with zero attached hydrogens (tertiary/aromatic N) is 1. The first kappa shape index (κ1) is 6.62. The van der Waals surface area contributed by atoms with Crippen LogP contribution in [0.15, 0.2) is 12.8 Å². The van der Waals surface area contributed by atoms with Gasteiger partial charge in [-0.3, -0.25) is 0 Å². The maximum Gasteiger partial charge on any atom is 0.0187 e. The third-order valence-electron chi connectivity index (χ3n) is 1.83. The topological polar surface area (TPSA) is 29.3 Å². The van der Waals surface area contributed by atoms with Crippen molar-refractivity contribution >= 4 is 0 Å². The zero-order chi connectivity index (χ0) is 6.69. The van der Waals surface area contributed by atoms with Crippen molar-refractivity contribution in [1.82, 2.24) is 4.90 Å². The summed E-state index contributed by atoms with van der Waals surface area (Å²) < 4.78 is 0. The number of hydrogen-bond acceptors (Lipinski definition) is 2. The van der Waals surface area contributed by atoms with Crippen molar-refractivity contribution in [2.45, 2.75) is 18.9 Å². The smallest absolute Gasteiger partial charge is 0.0187 e. The molecule has 0 aromatic rings. The van der Waals surface area contributed by atoms with Gasteiger partial charge in [0.05, 0.1) is 0 Å². The van der Waals surface area contributed by atoms with Crippen molar-refractivity contribution < 1.29 is 0 Å². The second-order valence-electron chi connectivity index (χ2n) is 2.56. The molecule has 0 spiro atoms. The summed E-state index contributed by atoms with van der Waals surface area (Å²) >= 11 is 0. The average Bonchev–Trinajstić information content (AvgIpc) is 1.90. The zero-order valence-corrected chi connectivity index (χ0v) is 5.71. The fraction of sp³-hybridized carbons (Fsp3) is 0.714. The summed E-state index contributed by atoms with van der Waals surface area (Å²) in [7, 11) is 0. The minimum atomic E-state index is 0.432.